The quantitative estimate of drug-likeness (QED) is 0.319. The molecule has 0 unspecified atom stereocenters. The second-order valence-electron chi connectivity index (χ2n) is 6.03. The number of aliphatic hydroxyl groups is 1. The minimum absolute atomic E-state index is 0.294. The van der Waals surface area contributed by atoms with Crippen LogP contribution in [0.1, 0.15) is 34.1 Å². The lowest BCUT2D eigenvalue weighted by Gasteiger charge is -2.21. The number of ether oxygens (including phenoxy) is 2. The predicted molar refractivity (Wildman–Crippen MR) is 90.3 cm³/mol. The number of hydrogen-bond donors (Lipinski definition) is 5. The number of carboxylic acids is 1. The topological polar surface area (TPSA) is 188 Å². The molecule has 0 spiro atoms. The van der Waals surface area contributed by atoms with Crippen LogP contribution in [0.5, 0.6) is 0 Å². The molecule has 0 amide bonds. The van der Waals surface area contributed by atoms with Crippen molar-refractivity contribution in [3.05, 3.63) is 0 Å². The van der Waals surface area contributed by atoms with Crippen molar-refractivity contribution in [3.8, 4) is 0 Å². The van der Waals surface area contributed by atoms with Crippen LogP contribution in [0.2, 0.25) is 0 Å². The van der Waals surface area contributed by atoms with E-state index in [2.05, 4.69) is 4.74 Å². The molecule has 0 fully saturated rings. The summed E-state index contributed by atoms with van der Waals surface area (Å²) in [6, 6.07) is -2.84. The van der Waals surface area contributed by atoms with Gasteiger partial charge >= 0.3 is 17.9 Å². The van der Waals surface area contributed by atoms with Gasteiger partial charge in [0.25, 0.3) is 0 Å². The predicted octanol–water partition coefficient (Wildman–Crippen LogP) is -1.43. The Morgan fingerprint density at radius 1 is 0.960 bits per heavy atom. The van der Waals surface area contributed by atoms with Crippen molar-refractivity contribution in [1.82, 2.24) is 0 Å². The van der Waals surface area contributed by atoms with Gasteiger partial charge in [-0.2, -0.15) is 0 Å². The molecule has 0 aromatic carbocycles. The van der Waals surface area contributed by atoms with Crippen LogP contribution in [0.25, 0.3) is 0 Å². The van der Waals surface area contributed by atoms with Crippen LogP contribution in [0.15, 0.2) is 0 Å². The Morgan fingerprint density at radius 3 is 1.72 bits per heavy atom. The first kappa shape index (κ1) is 25.5. The van der Waals surface area contributed by atoms with Crippen molar-refractivity contribution in [3.63, 3.8) is 0 Å². The maximum Gasteiger partial charge on any atom is 0.326 e. The first-order chi connectivity index (χ1) is 11.3. The van der Waals surface area contributed by atoms with Gasteiger partial charge in [0.15, 0.2) is 0 Å². The van der Waals surface area contributed by atoms with Crippen molar-refractivity contribution in [2.75, 3.05) is 7.11 Å². The lowest BCUT2D eigenvalue weighted by Crippen LogP contribution is -2.46. The zero-order chi connectivity index (χ0) is 20.3. The number of hydrogen-bond acceptors (Lipinski definition) is 9. The Bertz CT molecular complexity index is 429. The molecule has 0 radical (unpaired) electrons. The van der Waals surface area contributed by atoms with Gasteiger partial charge in [0.2, 0.25) is 0 Å². The molecule has 0 aliphatic carbocycles. The Hall–Kier alpha value is -1.75. The molecule has 10 nitrogen and oxygen atoms in total. The highest BCUT2D eigenvalue weighted by atomic mass is 16.6. The maximum atomic E-state index is 11.5. The SMILES string of the molecule is COC(=O)[C@@H](N)[C@@H](C)OC(=O)[C@@H](N)CC(C)C.C[C@@H](O)[C@H](N)C(=O)O. The number of rotatable bonds is 8. The summed E-state index contributed by atoms with van der Waals surface area (Å²) in [4.78, 5) is 32.5. The van der Waals surface area contributed by atoms with Crippen LogP contribution in [-0.2, 0) is 23.9 Å². The molecule has 148 valence electrons. The van der Waals surface area contributed by atoms with Crippen molar-refractivity contribution in [2.24, 2.45) is 23.1 Å². The smallest absolute Gasteiger partial charge is 0.326 e. The summed E-state index contributed by atoms with van der Waals surface area (Å²) in [5.41, 5.74) is 16.1. The molecule has 0 aromatic heterocycles. The van der Waals surface area contributed by atoms with Gasteiger partial charge in [-0.25, -0.2) is 0 Å². The van der Waals surface area contributed by atoms with E-state index in [1.54, 1.807) is 0 Å². The van der Waals surface area contributed by atoms with E-state index >= 15 is 0 Å². The Balaban J connectivity index is 0. The lowest BCUT2D eigenvalue weighted by molar-refractivity contribution is -0.156. The van der Waals surface area contributed by atoms with Gasteiger partial charge < -0.3 is 36.9 Å². The molecular weight excluding hydrogens is 334 g/mol. The van der Waals surface area contributed by atoms with E-state index in [1.807, 2.05) is 13.8 Å². The standard InChI is InChI=1S/C11H22N2O4.C4H9NO3/c1-6(2)5-8(12)10(14)17-7(3)9(13)11(15)16-4;1-2(6)3(5)4(7)8/h6-9H,5,12-13H2,1-4H3;2-3,6H,5H2,1H3,(H,7,8)/t7-,8+,9+;2-,3+/m11/s1. The molecule has 0 saturated carbocycles. The number of carbonyl (C=O) groups excluding carboxylic acids is 2. The molecule has 0 aliphatic heterocycles. The molecule has 5 atom stereocenters. The first-order valence-corrected chi connectivity index (χ1v) is 7.80. The normalized spacial score (nSPS) is 16.6. The zero-order valence-corrected chi connectivity index (χ0v) is 15.3. The van der Waals surface area contributed by atoms with Crippen molar-refractivity contribution in [2.45, 2.75) is 64.4 Å². The lowest BCUT2D eigenvalue weighted by atomic mass is 10.0. The highest BCUT2D eigenvalue weighted by molar-refractivity contribution is 5.78. The van der Waals surface area contributed by atoms with E-state index in [4.69, 9.17) is 32.2 Å². The van der Waals surface area contributed by atoms with Gasteiger partial charge in [0, 0.05) is 0 Å². The fraction of sp³-hybridized carbons (Fsp3) is 0.800. The van der Waals surface area contributed by atoms with Gasteiger partial charge in [-0.05, 0) is 26.2 Å². The Kier molecular flexibility index (Phi) is 12.8. The van der Waals surface area contributed by atoms with Crippen molar-refractivity contribution < 1.29 is 34.1 Å². The van der Waals surface area contributed by atoms with Gasteiger partial charge in [0.05, 0.1) is 13.2 Å². The van der Waals surface area contributed by atoms with E-state index in [0.29, 0.717) is 12.3 Å². The molecule has 8 N–H and O–H groups in total. The molecule has 0 rings (SSSR count). The molecule has 0 bridgehead atoms. The summed E-state index contributed by atoms with van der Waals surface area (Å²) in [5.74, 6) is -2.06. The average Bonchev–Trinajstić information content (AvgIpc) is 2.51. The third-order valence-corrected chi connectivity index (χ3v) is 3.11. The number of nitrogens with two attached hydrogens (primary N) is 3. The summed E-state index contributed by atoms with van der Waals surface area (Å²) in [6.07, 6.45) is -1.21. The van der Waals surface area contributed by atoms with Crippen LogP contribution in [0, 0.1) is 5.92 Å². The number of esters is 2. The van der Waals surface area contributed by atoms with Crippen LogP contribution in [0.4, 0.5) is 0 Å². The molecule has 0 heterocycles. The fourth-order valence-electron chi connectivity index (χ4n) is 1.48. The van der Waals surface area contributed by atoms with Crippen molar-refractivity contribution in [1.29, 1.82) is 0 Å². The molecular formula is C15H31N3O7. The summed E-state index contributed by atoms with van der Waals surface area (Å²) in [5, 5.41) is 16.6. The molecule has 0 aromatic rings. The van der Waals surface area contributed by atoms with Crippen LogP contribution in [0.3, 0.4) is 0 Å². The molecule has 25 heavy (non-hydrogen) atoms. The summed E-state index contributed by atoms with van der Waals surface area (Å²) in [6.45, 7) is 6.77. The van der Waals surface area contributed by atoms with Gasteiger partial charge in [0.1, 0.15) is 24.2 Å². The van der Waals surface area contributed by atoms with Gasteiger partial charge in [-0.1, -0.05) is 13.8 Å². The highest BCUT2D eigenvalue weighted by Gasteiger charge is 2.27. The monoisotopic (exact) mass is 365 g/mol. The Morgan fingerprint density at radius 2 is 1.44 bits per heavy atom. The summed E-state index contributed by atoms with van der Waals surface area (Å²) >= 11 is 0. The summed E-state index contributed by atoms with van der Waals surface area (Å²) < 4.78 is 9.46. The van der Waals surface area contributed by atoms with E-state index in [-0.39, 0.29) is 0 Å². The van der Waals surface area contributed by atoms with E-state index in [1.165, 1.54) is 21.0 Å². The van der Waals surface area contributed by atoms with E-state index < -0.39 is 48.2 Å². The Labute approximate surface area is 147 Å². The van der Waals surface area contributed by atoms with Crippen LogP contribution >= 0.6 is 0 Å². The molecule has 10 heteroatoms. The third-order valence-electron chi connectivity index (χ3n) is 3.11. The van der Waals surface area contributed by atoms with Crippen LogP contribution in [-0.4, -0.2) is 65.6 Å². The second kappa shape index (κ2) is 12.6. The number of carboxylic acid groups (broad SMARTS) is 1. The number of carbonyl (C=O) groups is 3. The zero-order valence-electron chi connectivity index (χ0n) is 15.3. The average molecular weight is 365 g/mol. The maximum absolute atomic E-state index is 11.5. The van der Waals surface area contributed by atoms with Crippen LogP contribution < -0.4 is 17.2 Å². The first-order valence-electron chi connectivity index (χ1n) is 7.80. The number of methoxy groups -OCH3 is 1. The van der Waals surface area contributed by atoms with E-state index in [9.17, 15) is 14.4 Å². The van der Waals surface area contributed by atoms with Gasteiger partial charge in [-0.15, -0.1) is 0 Å². The second-order valence-corrected chi connectivity index (χ2v) is 6.03. The van der Waals surface area contributed by atoms with Gasteiger partial charge in [-0.3, -0.25) is 14.4 Å². The minimum atomic E-state index is -1.18. The molecule has 0 aliphatic rings. The van der Waals surface area contributed by atoms with Crippen molar-refractivity contribution >= 4 is 17.9 Å². The minimum Gasteiger partial charge on any atom is -0.480 e. The summed E-state index contributed by atoms with van der Waals surface area (Å²) in [7, 11) is 1.22. The highest BCUT2D eigenvalue weighted by Crippen LogP contribution is 2.07. The molecule has 0 saturated heterocycles. The van der Waals surface area contributed by atoms with E-state index in [0.717, 1.165) is 0 Å². The third kappa shape index (κ3) is 11.4. The number of aliphatic carboxylic acids is 1. The number of aliphatic hydroxyl groups excluding tert-OH is 1. The fourth-order valence-corrected chi connectivity index (χ4v) is 1.48. The largest absolute Gasteiger partial charge is 0.480 e.